The fourth-order valence-corrected chi connectivity index (χ4v) is 2.25. The quantitative estimate of drug-likeness (QED) is 0.848. The van der Waals surface area contributed by atoms with Crippen LogP contribution in [0.25, 0.3) is 0 Å². The van der Waals surface area contributed by atoms with Crippen molar-refractivity contribution < 1.29 is 0 Å². The van der Waals surface area contributed by atoms with Crippen molar-refractivity contribution in [3.8, 4) is 0 Å². The van der Waals surface area contributed by atoms with Gasteiger partial charge in [0.05, 0.1) is 0 Å². The van der Waals surface area contributed by atoms with Gasteiger partial charge in [0.15, 0.2) is 0 Å². The van der Waals surface area contributed by atoms with E-state index in [-0.39, 0.29) is 0 Å². The first-order chi connectivity index (χ1) is 8.24. The normalized spacial score (nSPS) is 21.6. The number of rotatable bonds is 4. The predicted octanol–water partition coefficient (Wildman–Crippen LogP) is 1.33. The van der Waals surface area contributed by atoms with Gasteiger partial charge in [-0.3, -0.25) is 0 Å². The van der Waals surface area contributed by atoms with Gasteiger partial charge in [0.2, 0.25) is 0 Å². The number of halogens is 1. The molecule has 0 spiro atoms. The third-order valence-electron chi connectivity index (χ3n) is 3.09. The van der Waals surface area contributed by atoms with Crippen LogP contribution < -0.4 is 10.6 Å². The zero-order valence-corrected chi connectivity index (χ0v) is 11.0. The van der Waals surface area contributed by atoms with Gasteiger partial charge in [-0.15, -0.1) is 0 Å². The number of likely N-dealkylation sites (N-methyl/N-ethyl adjacent to an activating group) is 1. The smallest absolute Gasteiger partial charge is 0.0406 e. The van der Waals surface area contributed by atoms with Crippen LogP contribution in [0.4, 0.5) is 0 Å². The molecule has 4 heteroatoms. The van der Waals surface area contributed by atoms with E-state index in [9.17, 15) is 0 Å². The van der Waals surface area contributed by atoms with Crippen molar-refractivity contribution >= 4 is 11.6 Å². The van der Waals surface area contributed by atoms with Gasteiger partial charge in [-0.2, -0.15) is 0 Å². The number of benzene rings is 1. The fourth-order valence-electron chi connectivity index (χ4n) is 2.12. The molecule has 0 bridgehead atoms. The maximum absolute atomic E-state index is 5.85. The molecule has 1 aliphatic heterocycles. The van der Waals surface area contributed by atoms with E-state index in [1.54, 1.807) is 0 Å². The molecular weight excluding hydrogens is 234 g/mol. The summed E-state index contributed by atoms with van der Waals surface area (Å²) in [7, 11) is 2.17. The van der Waals surface area contributed by atoms with Crippen molar-refractivity contribution in [1.29, 1.82) is 0 Å². The summed E-state index contributed by atoms with van der Waals surface area (Å²) < 4.78 is 0. The minimum atomic E-state index is 0.557. The molecule has 0 saturated carbocycles. The molecule has 94 valence electrons. The summed E-state index contributed by atoms with van der Waals surface area (Å²) in [6.07, 6.45) is 0. The number of hydrogen-bond acceptors (Lipinski definition) is 3. The molecule has 17 heavy (non-hydrogen) atoms. The second-order valence-corrected chi connectivity index (χ2v) is 5.11. The number of nitrogens with zero attached hydrogens (tertiary/aromatic N) is 1. The van der Waals surface area contributed by atoms with Crippen molar-refractivity contribution in [3.05, 3.63) is 34.9 Å². The van der Waals surface area contributed by atoms with Crippen LogP contribution in [0.2, 0.25) is 5.02 Å². The van der Waals surface area contributed by atoms with Gasteiger partial charge in [-0.05, 0) is 24.7 Å². The summed E-state index contributed by atoms with van der Waals surface area (Å²) >= 11 is 5.85. The second-order valence-electron chi connectivity index (χ2n) is 4.67. The van der Waals surface area contributed by atoms with Crippen molar-refractivity contribution in [2.45, 2.75) is 12.6 Å². The highest BCUT2D eigenvalue weighted by Crippen LogP contribution is 2.09. The summed E-state index contributed by atoms with van der Waals surface area (Å²) in [5.41, 5.74) is 1.28. The highest BCUT2D eigenvalue weighted by atomic mass is 35.5. The molecule has 2 rings (SSSR count). The Morgan fingerprint density at radius 1 is 1.41 bits per heavy atom. The Morgan fingerprint density at radius 2 is 2.18 bits per heavy atom. The van der Waals surface area contributed by atoms with Crippen LogP contribution in [-0.2, 0) is 6.54 Å². The van der Waals surface area contributed by atoms with Crippen LogP contribution in [0.1, 0.15) is 5.56 Å². The van der Waals surface area contributed by atoms with E-state index >= 15 is 0 Å². The van der Waals surface area contributed by atoms with Gasteiger partial charge >= 0.3 is 0 Å². The monoisotopic (exact) mass is 253 g/mol. The molecule has 0 radical (unpaired) electrons. The minimum absolute atomic E-state index is 0.557. The summed E-state index contributed by atoms with van der Waals surface area (Å²) in [4.78, 5) is 2.37. The van der Waals surface area contributed by atoms with E-state index in [0.29, 0.717) is 6.04 Å². The summed E-state index contributed by atoms with van der Waals surface area (Å²) in [6.45, 7) is 5.26. The average molecular weight is 254 g/mol. The summed E-state index contributed by atoms with van der Waals surface area (Å²) in [5.74, 6) is 0. The minimum Gasteiger partial charge on any atom is -0.311 e. The Kier molecular flexibility index (Phi) is 4.80. The maximum atomic E-state index is 5.85. The Labute approximate surface area is 108 Å². The highest BCUT2D eigenvalue weighted by Gasteiger charge is 2.15. The van der Waals surface area contributed by atoms with Crippen molar-refractivity contribution in [1.82, 2.24) is 15.5 Å². The Hall–Kier alpha value is -0.610. The first kappa shape index (κ1) is 12.8. The molecule has 0 amide bonds. The lowest BCUT2D eigenvalue weighted by molar-refractivity contribution is 0.235. The molecule has 1 aromatic carbocycles. The first-order valence-corrected chi connectivity index (χ1v) is 6.49. The molecular formula is C13H20ClN3. The zero-order chi connectivity index (χ0) is 12.1. The lowest BCUT2D eigenvalue weighted by Gasteiger charge is -2.31. The Bertz CT molecular complexity index is 339. The van der Waals surface area contributed by atoms with E-state index in [4.69, 9.17) is 11.6 Å². The van der Waals surface area contributed by atoms with Crippen LogP contribution in [0.15, 0.2) is 24.3 Å². The van der Waals surface area contributed by atoms with Crippen molar-refractivity contribution in [2.24, 2.45) is 0 Å². The molecule has 3 nitrogen and oxygen atoms in total. The van der Waals surface area contributed by atoms with E-state index in [1.807, 2.05) is 12.1 Å². The molecule has 2 N–H and O–H groups in total. The second kappa shape index (κ2) is 6.36. The third-order valence-corrected chi connectivity index (χ3v) is 3.34. The van der Waals surface area contributed by atoms with Crippen LogP contribution in [-0.4, -0.2) is 44.2 Å². The van der Waals surface area contributed by atoms with E-state index < -0.39 is 0 Å². The van der Waals surface area contributed by atoms with E-state index in [2.05, 4.69) is 34.7 Å². The Morgan fingerprint density at radius 3 is 2.88 bits per heavy atom. The molecule has 1 heterocycles. The van der Waals surface area contributed by atoms with E-state index in [1.165, 1.54) is 5.56 Å². The summed E-state index contributed by atoms with van der Waals surface area (Å²) in [5, 5.41) is 7.79. The molecule has 0 aliphatic carbocycles. The standard InChI is InChI=1S/C13H20ClN3/c1-17-7-6-16-13(10-17)9-15-8-11-2-4-12(14)5-3-11/h2-5,13,15-16H,6-10H2,1H3. The van der Waals surface area contributed by atoms with Crippen LogP contribution in [0.5, 0.6) is 0 Å². The number of hydrogen-bond donors (Lipinski definition) is 2. The van der Waals surface area contributed by atoms with Crippen LogP contribution in [0, 0.1) is 0 Å². The van der Waals surface area contributed by atoms with Crippen LogP contribution in [0.3, 0.4) is 0 Å². The SMILES string of the molecule is CN1CCNC(CNCc2ccc(Cl)cc2)C1. The van der Waals surface area contributed by atoms with Crippen molar-refractivity contribution in [2.75, 3.05) is 33.2 Å². The maximum Gasteiger partial charge on any atom is 0.0406 e. The van der Waals surface area contributed by atoms with Crippen LogP contribution >= 0.6 is 11.6 Å². The molecule has 1 aromatic rings. The predicted molar refractivity (Wildman–Crippen MR) is 72.4 cm³/mol. The van der Waals surface area contributed by atoms with Gasteiger partial charge in [-0.25, -0.2) is 0 Å². The molecule has 1 atom stereocenters. The first-order valence-electron chi connectivity index (χ1n) is 6.11. The summed E-state index contributed by atoms with van der Waals surface area (Å²) in [6, 6.07) is 8.56. The molecule has 0 aromatic heterocycles. The van der Waals surface area contributed by atoms with Crippen molar-refractivity contribution in [3.63, 3.8) is 0 Å². The van der Waals surface area contributed by atoms with Gasteiger partial charge in [-0.1, -0.05) is 23.7 Å². The van der Waals surface area contributed by atoms with Gasteiger partial charge < -0.3 is 15.5 Å². The Balaban J connectivity index is 1.70. The van der Waals surface area contributed by atoms with Gasteiger partial charge in [0.1, 0.15) is 0 Å². The number of piperazine rings is 1. The van der Waals surface area contributed by atoms with Gasteiger partial charge in [0, 0.05) is 43.8 Å². The molecule has 1 saturated heterocycles. The average Bonchev–Trinajstić information content (AvgIpc) is 2.32. The zero-order valence-electron chi connectivity index (χ0n) is 10.2. The lowest BCUT2D eigenvalue weighted by Crippen LogP contribution is -2.52. The molecule has 1 fully saturated rings. The molecule has 1 unspecified atom stereocenters. The fraction of sp³-hybridized carbons (Fsp3) is 0.538. The topological polar surface area (TPSA) is 27.3 Å². The third kappa shape index (κ3) is 4.28. The highest BCUT2D eigenvalue weighted by molar-refractivity contribution is 6.30. The van der Waals surface area contributed by atoms with E-state index in [0.717, 1.165) is 37.7 Å². The molecule has 1 aliphatic rings. The lowest BCUT2D eigenvalue weighted by atomic mass is 10.2. The largest absolute Gasteiger partial charge is 0.311 e. The number of nitrogens with one attached hydrogen (secondary N) is 2. The van der Waals surface area contributed by atoms with Gasteiger partial charge in [0.25, 0.3) is 0 Å².